The molecule has 25 heavy (non-hydrogen) atoms. The van der Waals surface area contributed by atoms with Gasteiger partial charge >= 0.3 is 0 Å². The molecule has 0 aliphatic carbocycles. The minimum Gasteiger partial charge on any atom is -0.492 e. The first-order chi connectivity index (χ1) is 12.0. The van der Waals surface area contributed by atoms with Gasteiger partial charge in [0, 0.05) is 20.7 Å². The van der Waals surface area contributed by atoms with Crippen LogP contribution in [0.25, 0.3) is 0 Å². The summed E-state index contributed by atoms with van der Waals surface area (Å²) < 4.78 is 7.80. The SMILES string of the molecule is CCCOc1c(Br)cc(Br)cc1[C@H]1SCC(=O)N1c1ccc(Cl)cc1. The Morgan fingerprint density at radius 1 is 1.28 bits per heavy atom. The first kappa shape index (κ1) is 19.1. The molecule has 1 aliphatic rings. The molecule has 2 aromatic carbocycles. The summed E-state index contributed by atoms with van der Waals surface area (Å²) >= 11 is 14.7. The zero-order valence-corrected chi connectivity index (χ0v) is 18.2. The van der Waals surface area contributed by atoms with Gasteiger partial charge in [-0.05, 0) is 58.7 Å². The molecular weight excluding hydrogens is 490 g/mol. The maximum Gasteiger partial charge on any atom is 0.238 e. The highest BCUT2D eigenvalue weighted by Gasteiger charge is 2.36. The fraction of sp³-hybridized carbons (Fsp3) is 0.278. The molecule has 1 fully saturated rings. The third kappa shape index (κ3) is 4.18. The van der Waals surface area contributed by atoms with Crippen LogP contribution in [-0.4, -0.2) is 18.3 Å². The summed E-state index contributed by atoms with van der Waals surface area (Å²) in [6, 6.07) is 11.3. The molecule has 0 N–H and O–H groups in total. The molecule has 0 radical (unpaired) electrons. The second-order valence-corrected chi connectivity index (χ2v) is 8.83. The molecule has 0 bridgehead atoms. The highest BCUT2D eigenvalue weighted by Crippen LogP contribution is 2.47. The molecule has 0 unspecified atom stereocenters. The van der Waals surface area contributed by atoms with Crippen LogP contribution >= 0.6 is 55.2 Å². The lowest BCUT2D eigenvalue weighted by molar-refractivity contribution is -0.115. The van der Waals surface area contributed by atoms with Gasteiger partial charge in [-0.2, -0.15) is 0 Å². The number of halogens is 3. The number of amides is 1. The van der Waals surface area contributed by atoms with Gasteiger partial charge in [-0.1, -0.05) is 34.5 Å². The van der Waals surface area contributed by atoms with Crippen molar-refractivity contribution in [2.24, 2.45) is 0 Å². The van der Waals surface area contributed by atoms with E-state index in [1.165, 1.54) is 0 Å². The summed E-state index contributed by atoms with van der Waals surface area (Å²) in [5.41, 5.74) is 1.81. The predicted molar refractivity (Wildman–Crippen MR) is 112 cm³/mol. The lowest BCUT2D eigenvalue weighted by atomic mass is 10.1. The fourth-order valence-corrected chi connectivity index (χ4v) is 5.34. The van der Waals surface area contributed by atoms with Crippen LogP contribution in [0.4, 0.5) is 5.69 Å². The number of thioether (sulfide) groups is 1. The van der Waals surface area contributed by atoms with Crippen LogP contribution in [0.1, 0.15) is 24.3 Å². The Balaban J connectivity index is 2.04. The highest BCUT2D eigenvalue weighted by atomic mass is 79.9. The van der Waals surface area contributed by atoms with Gasteiger partial charge in [0.25, 0.3) is 0 Å². The van der Waals surface area contributed by atoms with Crippen LogP contribution in [0.5, 0.6) is 5.75 Å². The number of carbonyl (C=O) groups is 1. The number of hydrogen-bond acceptors (Lipinski definition) is 3. The van der Waals surface area contributed by atoms with Crippen LogP contribution in [0.3, 0.4) is 0 Å². The Kier molecular flexibility index (Phi) is 6.36. The van der Waals surface area contributed by atoms with E-state index < -0.39 is 0 Å². The van der Waals surface area contributed by atoms with Crippen molar-refractivity contribution < 1.29 is 9.53 Å². The number of ether oxygens (including phenoxy) is 1. The summed E-state index contributed by atoms with van der Waals surface area (Å²) in [4.78, 5) is 14.4. The maximum absolute atomic E-state index is 12.5. The molecule has 3 nitrogen and oxygen atoms in total. The average molecular weight is 506 g/mol. The van der Waals surface area contributed by atoms with Gasteiger partial charge in [0.2, 0.25) is 5.91 Å². The second kappa shape index (κ2) is 8.33. The first-order valence-corrected chi connectivity index (χ1v) is 10.8. The van der Waals surface area contributed by atoms with Crippen LogP contribution in [-0.2, 0) is 4.79 Å². The number of rotatable bonds is 5. The Bertz CT molecular complexity index is 785. The summed E-state index contributed by atoms with van der Waals surface area (Å²) in [5, 5.41) is 0.506. The molecule has 7 heteroatoms. The van der Waals surface area contributed by atoms with Crippen molar-refractivity contribution >= 4 is 66.8 Å². The van der Waals surface area contributed by atoms with Gasteiger partial charge in [-0.25, -0.2) is 0 Å². The molecule has 0 spiro atoms. The summed E-state index contributed by atoms with van der Waals surface area (Å²) in [7, 11) is 0. The maximum atomic E-state index is 12.5. The normalized spacial score (nSPS) is 17.2. The lowest BCUT2D eigenvalue weighted by Crippen LogP contribution is -2.28. The molecule has 1 amide bonds. The van der Waals surface area contributed by atoms with Crippen molar-refractivity contribution in [1.29, 1.82) is 0 Å². The smallest absolute Gasteiger partial charge is 0.238 e. The van der Waals surface area contributed by atoms with Gasteiger partial charge in [-0.3, -0.25) is 9.69 Å². The van der Waals surface area contributed by atoms with Gasteiger partial charge in [-0.15, -0.1) is 11.8 Å². The summed E-state index contributed by atoms with van der Waals surface area (Å²) in [6.45, 7) is 2.69. The third-order valence-corrected chi connectivity index (χ3v) is 6.22. The largest absolute Gasteiger partial charge is 0.492 e. The second-order valence-electron chi connectivity index (χ2n) is 5.56. The molecule has 1 heterocycles. The van der Waals surface area contributed by atoms with Crippen molar-refractivity contribution in [3.8, 4) is 5.75 Å². The van der Waals surface area contributed by atoms with Crippen LogP contribution in [0.15, 0.2) is 45.3 Å². The monoisotopic (exact) mass is 503 g/mol. The Morgan fingerprint density at radius 3 is 2.68 bits per heavy atom. The fourth-order valence-electron chi connectivity index (χ4n) is 2.66. The van der Waals surface area contributed by atoms with E-state index in [1.54, 1.807) is 23.9 Å². The molecule has 1 aliphatic heterocycles. The average Bonchev–Trinajstić information content (AvgIpc) is 2.96. The lowest BCUT2D eigenvalue weighted by Gasteiger charge is -2.26. The molecule has 0 saturated carbocycles. The van der Waals surface area contributed by atoms with Crippen molar-refractivity contribution in [3.63, 3.8) is 0 Å². The minimum atomic E-state index is -0.144. The zero-order valence-electron chi connectivity index (χ0n) is 13.5. The number of benzene rings is 2. The topological polar surface area (TPSA) is 29.5 Å². The Hall–Kier alpha value is -0.690. The number of anilines is 1. The molecule has 1 saturated heterocycles. The van der Waals surface area contributed by atoms with Gasteiger partial charge in [0.1, 0.15) is 11.1 Å². The van der Waals surface area contributed by atoms with E-state index in [0.717, 1.165) is 32.4 Å². The van der Waals surface area contributed by atoms with Crippen LogP contribution < -0.4 is 9.64 Å². The van der Waals surface area contributed by atoms with E-state index in [4.69, 9.17) is 16.3 Å². The van der Waals surface area contributed by atoms with Crippen LogP contribution in [0, 0.1) is 0 Å². The van der Waals surface area contributed by atoms with E-state index in [1.807, 2.05) is 29.2 Å². The van der Waals surface area contributed by atoms with E-state index in [-0.39, 0.29) is 11.3 Å². The van der Waals surface area contributed by atoms with E-state index in [0.29, 0.717) is 17.4 Å². The number of hydrogen-bond donors (Lipinski definition) is 0. The summed E-state index contributed by atoms with van der Waals surface area (Å²) in [5.74, 6) is 1.30. The molecular formula is C18H16Br2ClNO2S. The van der Waals surface area contributed by atoms with Gasteiger partial charge in [0.15, 0.2) is 0 Å². The highest BCUT2D eigenvalue weighted by molar-refractivity contribution is 9.11. The van der Waals surface area contributed by atoms with Crippen molar-refractivity contribution in [2.75, 3.05) is 17.3 Å². The molecule has 2 aromatic rings. The Morgan fingerprint density at radius 2 is 2.00 bits per heavy atom. The van der Waals surface area contributed by atoms with Crippen molar-refractivity contribution in [1.82, 2.24) is 0 Å². The van der Waals surface area contributed by atoms with Gasteiger partial charge in [0.05, 0.1) is 16.8 Å². The molecule has 3 rings (SSSR count). The van der Waals surface area contributed by atoms with E-state index >= 15 is 0 Å². The van der Waals surface area contributed by atoms with Crippen molar-refractivity contribution in [3.05, 3.63) is 55.9 Å². The molecule has 0 aromatic heterocycles. The number of carbonyl (C=O) groups excluding carboxylic acids is 1. The minimum absolute atomic E-state index is 0.0786. The Labute approximate surface area is 173 Å². The predicted octanol–water partition coefficient (Wildman–Crippen LogP) is 6.43. The molecule has 132 valence electrons. The third-order valence-electron chi connectivity index (χ3n) is 3.73. The first-order valence-electron chi connectivity index (χ1n) is 7.82. The zero-order chi connectivity index (χ0) is 18.0. The standard InChI is InChI=1S/C18H16Br2ClNO2S/c1-2-7-24-17-14(8-11(19)9-15(17)20)18-22(16(23)10-25-18)13-5-3-12(21)4-6-13/h3-6,8-9,18H,2,7,10H2,1H3/t18-/m1/s1. The van der Waals surface area contributed by atoms with Crippen molar-refractivity contribution in [2.45, 2.75) is 18.7 Å². The number of nitrogens with zero attached hydrogens (tertiary/aromatic N) is 1. The van der Waals surface area contributed by atoms with Gasteiger partial charge < -0.3 is 4.74 Å². The summed E-state index contributed by atoms with van der Waals surface area (Å²) in [6.07, 6.45) is 0.916. The quantitative estimate of drug-likeness (QED) is 0.469. The van der Waals surface area contributed by atoms with E-state index in [9.17, 15) is 4.79 Å². The molecule has 1 atom stereocenters. The van der Waals surface area contributed by atoms with E-state index in [2.05, 4.69) is 38.8 Å². The van der Waals surface area contributed by atoms with Crippen LogP contribution in [0.2, 0.25) is 5.02 Å².